The lowest BCUT2D eigenvalue weighted by Crippen LogP contribution is -2.38. The fourth-order valence-electron chi connectivity index (χ4n) is 3.44. The normalized spacial score (nSPS) is 14.0. The van der Waals surface area contributed by atoms with Gasteiger partial charge in [-0.3, -0.25) is 4.98 Å². The van der Waals surface area contributed by atoms with E-state index in [0.717, 1.165) is 22.6 Å². The molecule has 3 rings (SSSR count). The summed E-state index contributed by atoms with van der Waals surface area (Å²) in [6, 6.07) is 12.9. The maximum atomic E-state index is 13.6. The predicted molar refractivity (Wildman–Crippen MR) is 118 cm³/mol. The van der Waals surface area contributed by atoms with Crippen molar-refractivity contribution in [1.82, 2.24) is 4.98 Å². The number of anilines is 1. The van der Waals surface area contributed by atoms with Crippen LogP contribution in [0.1, 0.15) is 35.3 Å². The molecule has 0 spiro atoms. The van der Waals surface area contributed by atoms with Gasteiger partial charge in [0.15, 0.2) is 6.10 Å². The highest BCUT2D eigenvalue weighted by atomic mass is 32.2. The van der Waals surface area contributed by atoms with Crippen LogP contribution in [0.4, 0.5) is 18.9 Å². The molecular formula is C23H25F3N2OS. The van der Waals surface area contributed by atoms with Crippen molar-refractivity contribution in [3.8, 4) is 0 Å². The molecule has 2 unspecified atom stereocenters. The van der Waals surface area contributed by atoms with Gasteiger partial charge in [-0.2, -0.15) is 24.9 Å². The molecule has 3 nitrogen and oxygen atoms in total. The lowest BCUT2D eigenvalue weighted by Gasteiger charge is -2.29. The Hall–Kier alpha value is -2.25. The van der Waals surface area contributed by atoms with Gasteiger partial charge in [0.2, 0.25) is 0 Å². The van der Waals surface area contributed by atoms with Crippen LogP contribution in [0.5, 0.6) is 0 Å². The molecule has 2 N–H and O–H groups in total. The van der Waals surface area contributed by atoms with Gasteiger partial charge in [0.05, 0.1) is 11.6 Å². The number of thioether (sulfide) groups is 1. The van der Waals surface area contributed by atoms with Gasteiger partial charge in [0.1, 0.15) is 0 Å². The number of aliphatic hydroxyl groups excluding tert-OH is 1. The molecule has 30 heavy (non-hydrogen) atoms. The van der Waals surface area contributed by atoms with Crippen LogP contribution >= 0.6 is 11.8 Å². The zero-order valence-corrected chi connectivity index (χ0v) is 17.9. The second-order valence-electron chi connectivity index (χ2n) is 7.27. The number of aryl methyl sites for hydroxylation is 2. The Balaban J connectivity index is 2.10. The van der Waals surface area contributed by atoms with Crippen molar-refractivity contribution >= 4 is 28.4 Å². The van der Waals surface area contributed by atoms with Crippen molar-refractivity contribution < 1.29 is 18.3 Å². The van der Waals surface area contributed by atoms with Crippen LogP contribution in [0.3, 0.4) is 0 Å². The average Bonchev–Trinajstić information content (AvgIpc) is 2.69. The molecule has 0 aliphatic rings. The van der Waals surface area contributed by atoms with Crippen LogP contribution in [-0.2, 0) is 5.75 Å². The molecule has 7 heteroatoms. The van der Waals surface area contributed by atoms with E-state index in [4.69, 9.17) is 0 Å². The number of halogens is 3. The fraction of sp³-hybridized carbons (Fsp3) is 0.348. The van der Waals surface area contributed by atoms with E-state index in [1.807, 2.05) is 45.0 Å². The third kappa shape index (κ3) is 5.08. The molecule has 0 aliphatic heterocycles. The molecule has 0 radical (unpaired) electrons. The molecule has 0 fully saturated rings. The molecule has 3 aromatic rings. The number of hydrogen-bond acceptors (Lipinski definition) is 4. The minimum atomic E-state index is -4.77. The highest BCUT2D eigenvalue weighted by molar-refractivity contribution is 7.98. The van der Waals surface area contributed by atoms with E-state index < -0.39 is 18.3 Å². The van der Waals surface area contributed by atoms with E-state index >= 15 is 0 Å². The minimum Gasteiger partial charge on any atom is -0.381 e. The monoisotopic (exact) mass is 434 g/mol. The Labute approximate surface area is 178 Å². The molecule has 1 aromatic heterocycles. The second kappa shape index (κ2) is 9.27. The van der Waals surface area contributed by atoms with E-state index in [9.17, 15) is 18.3 Å². The third-order valence-corrected chi connectivity index (χ3v) is 5.85. The predicted octanol–water partition coefficient (Wildman–Crippen LogP) is 6.18. The van der Waals surface area contributed by atoms with Crippen molar-refractivity contribution in [1.29, 1.82) is 0 Å². The smallest absolute Gasteiger partial charge is 0.381 e. The van der Waals surface area contributed by atoms with Gasteiger partial charge in [-0.1, -0.05) is 36.8 Å². The van der Waals surface area contributed by atoms with E-state index in [1.54, 1.807) is 36.0 Å². The maximum absolute atomic E-state index is 13.6. The number of aliphatic hydroxyl groups is 1. The molecule has 2 atom stereocenters. The Morgan fingerprint density at radius 1 is 1.10 bits per heavy atom. The first-order valence-electron chi connectivity index (χ1n) is 9.75. The van der Waals surface area contributed by atoms with Crippen molar-refractivity contribution in [2.75, 3.05) is 11.1 Å². The molecule has 160 valence electrons. The van der Waals surface area contributed by atoms with E-state index in [1.165, 1.54) is 0 Å². The SMILES string of the molecule is CCSCc1cc(C)ccc1C(Nc1cccc2nc(C)ccc12)C(O)C(F)(F)F. The van der Waals surface area contributed by atoms with Gasteiger partial charge in [0, 0.05) is 22.5 Å². The van der Waals surface area contributed by atoms with Crippen molar-refractivity contribution in [3.05, 3.63) is 70.9 Å². The summed E-state index contributed by atoms with van der Waals surface area (Å²) in [5.74, 6) is 1.42. The molecule has 0 amide bonds. The van der Waals surface area contributed by atoms with Gasteiger partial charge in [0.25, 0.3) is 0 Å². The van der Waals surface area contributed by atoms with Crippen LogP contribution in [-0.4, -0.2) is 28.1 Å². The number of benzene rings is 2. The first-order valence-corrected chi connectivity index (χ1v) is 10.9. The molecular weight excluding hydrogens is 409 g/mol. The summed E-state index contributed by atoms with van der Waals surface area (Å²) in [4.78, 5) is 4.45. The Bertz CT molecular complexity index is 1020. The van der Waals surface area contributed by atoms with Crippen LogP contribution in [0.2, 0.25) is 0 Å². The summed E-state index contributed by atoms with van der Waals surface area (Å²) in [6.07, 6.45) is -7.32. The average molecular weight is 435 g/mol. The standard InChI is InChI=1S/C23H25F3N2OS/c1-4-30-13-16-12-14(2)8-10-17(16)21(22(29)23(24,25)26)28-20-7-5-6-19-18(20)11-9-15(3)27-19/h5-12,21-22,28-29H,4,13H2,1-3H3. The minimum absolute atomic E-state index is 0.448. The number of fused-ring (bicyclic) bond motifs is 1. The summed E-state index contributed by atoms with van der Waals surface area (Å²) in [7, 11) is 0. The zero-order chi connectivity index (χ0) is 21.9. The third-order valence-electron chi connectivity index (χ3n) is 4.93. The van der Waals surface area contributed by atoms with E-state index in [2.05, 4.69) is 10.3 Å². The molecule has 0 aliphatic carbocycles. The number of hydrogen-bond donors (Lipinski definition) is 2. The Morgan fingerprint density at radius 2 is 1.87 bits per heavy atom. The van der Waals surface area contributed by atoms with Gasteiger partial charge >= 0.3 is 6.18 Å². The van der Waals surface area contributed by atoms with E-state index in [0.29, 0.717) is 27.9 Å². The lowest BCUT2D eigenvalue weighted by atomic mass is 9.94. The molecule has 0 saturated heterocycles. The van der Waals surface area contributed by atoms with E-state index in [-0.39, 0.29) is 0 Å². The topological polar surface area (TPSA) is 45.2 Å². The Morgan fingerprint density at radius 3 is 2.57 bits per heavy atom. The Kier molecular flexibility index (Phi) is 6.93. The maximum Gasteiger partial charge on any atom is 0.416 e. The van der Waals surface area contributed by atoms with Crippen LogP contribution in [0, 0.1) is 13.8 Å². The van der Waals surface area contributed by atoms with Crippen LogP contribution < -0.4 is 5.32 Å². The quantitative estimate of drug-likeness (QED) is 0.466. The molecule has 0 bridgehead atoms. The summed E-state index contributed by atoms with van der Waals surface area (Å²) in [6.45, 7) is 5.77. The van der Waals surface area contributed by atoms with Gasteiger partial charge in [-0.05, 0) is 55.0 Å². The molecule has 0 saturated carbocycles. The first-order chi connectivity index (χ1) is 14.2. The van der Waals surface area contributed by atoms with Gasteiger partial charge in [-0.25, -0.2) is 0 Å². The number of aromatic nitrogens is 1. The first kappa shape index (κ1) is 22.4. The summed E-state index contributed by atoms with van der Waals surface area (Å²) in [5.41, 5.74) is 4.22. The zero-order valence-electron chi connectivity index (χ0n) is 17.1. The fourth-order valence-corrected chi connectivity index (χ4v) is 4.12. The number of nitrogens with one attached hydrogen (secondary N) is 1. The second-order valence-corrected chi connectivity index (χ2v) is 8.55. The number of pyridine rings is 1. The lowest BCUT2D eigenvalue weighted by molar-refractivity contribution is -0.208. The number of alkyl halides is 3. The van der Waals surface area contributed by atoms with Gasteiger partial charge in [-0.15, -0.1) is 0 Å². The molecule has 1 heterocycles. The largest absolute Gasteiger partial charge is 0.416 e. The molecule has 2 aromatic carbocycles. The highest BCUT2D eigenvalue weighted by Crippen LogP contribution is 2.37. The summed E-state index contributed by atoms with van der Waals surface area (Å²) >= 11 is 1.63. The highest BCUT2D eigenvalue weighted by Gasteiger charge is 2.45. The number of nitrogens with zero attached hydrogens (tertiary/aromatic N) is 1. The van der Waals surface area contributed by atoms with Crippen LogP contribution in [0.25, 0.3) is 10.9 Å². The summed E-state index contributed by atoms with van der Waals surface area (Å²) < 4.78 is 40.8. The van der Waals surface area contributed by atoms with Crippen molar-refractivity contribution in [2.24, 2.45) is 0 Å². The summed E-state index contributed by atoms with van der Waals surface area (Å²) in [5, 5.41) is 14.0. The number of rotatable bonds is 7. The van der Waals surface area contributed by atoms with Gasteiger partial charge < -0.3 is 10.4 Å². The van der Waals surface area contributed by atoms with Crippen molar-refractivity contribution in [2.45, 2.75) is 44.8 Å². The van der Waals surface area contributed by atoms with Crippen molar-refractivity contribution in [3.63, 3.8) is 0 Å². The van der Waals surface area contributed by atoms with Crippen LogP contribution in [0.15, 0.2) is 48.5 Å².